The highest BCUT2D eigenvalue weighted by Gasteiger charge is 2.27. The van der Waals surface area contributed by atoms with E-state index in [0.29, 0.717) is 6.54 Å². The smallest absolute Gasteiger partial charge is 0.184 e. The molecule has 1 unspecified atom stereocenters. The number of hydrogen-bond acceptors (Lipinski definition) is 4. The first-order chi connectivity index (χ1) is 10.6. The molecule has 0 radical (unpaired) electrons. The van der Waals surface area contributed by atoms with Crippen LogP contribution in [0.25, 0.3) is 0 Å². The van der Waals surface area contributed by atoms with Crippen LogP contribution in [0.2, 0.25) is 0 Å². The molecule has 1 aliphatic rings. The lowest BCUT2D eigenvalue weighted by molar-refractivity contribution is 0.0407. The SMILES string of the molecule is C=C=C(CN1CCOCC1)C(C(=O)c1ccccc1)N(C)C. The number of benzene rings is 1. The molecule has 1 heterocycles. The third-order valence-corrected chi connectivity index (χ3v) is 3.88. The van der Waals surface area contributed by atoms with Gasteiger partial charge in [-0.25, -0.2) is 0 Å². The van der Waals surface area contributed by atoms with Crippen LogP contribution in [-0.2, 0) is 4.74 Å². The van der Waals surface area contributed by atoms with E-state index in [0.717, 1.165) is 37.4 Å². The Morgan fingerprint density at radius 3 is 2.50 bits per heavy atom. The maximum absolute atomic E-state index is 12.9. The van der Waals surface area contributed by atoms with Gasteiger partial charge in [-0.1, -0.05) is 36.9 Å². The second kappa shape index (κ2) is 8.06. The number of carbonyl (C=O) groups excluding carboxylic acids is 1. The van der Waals surface area contributed by atoms with Gasteiger partial charge in [-0.3, -0.25) is 14.6 Å². The maximum atomic E-state index is 12.9. The monoisotopic (exact) mass is 300 g/mol. The van der Waals surface area contributed by atoms with Gasteiger partial charge in [0.1, 0.15) is 6.04 Å². The molecule has 1 atom stereocenters. The summed E-state index contributed by atoms with van der Waals surface area (Å²) in [6.07, 6.45) is 0. The lowest BCUT2D eigenvalue weighted by Gasteiger charge is -2.31. The predicted octanol–water partition coefficient (Wildman–Crippen LogP) is 1.84. The van der Waals surface area contributed by atoms with E-state index in [-0.39, 0.29) is 11.8 Å². The summed E-state index contributed by atoms with van der Waals surface area (Å²) >= 11 is 0. The number of Topliss-reactive ketones (excluding diaryl/α,β-unsaturated/α-hetero) is 1. The molecule has 1 fully saturated rings. The topological polar surface area (TPSA) is 32.8 Å². The highest BCUT2D eigenvalue weighted by Crippen LogP contribution is 2.16. The predicted molar refractivity (Wildman–Crippen MR) is 88.2 cm³/mol. The lowest BCUT2D eigenvalue weighted by atomic mass is 9.96. The minimum Gasteiger partial charge on any atom is -0.379 e. The van der Waals surface area contributed by atoms with Crippen LogP contribution in [0.15, 0.2) is 48.2 Å². The zero-order chi connectivity index (χ0) is 15.9. The van der Waals surface area contributed by atoms with Crippen LogP contribution < -0.4 is 0 Å². The zero-order valence-corrected chi connectivity index (χ0v) is 13.4. The summed E-state index contributed by atoms with van der Waals surface area (Å²) in [5.74, 6) is 0.0880. The fourth-order valence-electron chi connectivity index (χ4n) is 2.70. The van der Waals surface area contributed by atoms with E-state index >= 15 is 0 Å². The molecule has 1 saturated heterocycles. The van der Waals surface area contributed by atoms with Crippen molar-refractivity contribution in [3.05, 3.63) is 53.8 Å². The summed E-state index contributed by atoms with van der Waals surface area (Å²) in [5, 5.41) is 0. The summed E-state index contributed by atoms with van der Waals surface area (Å²) in [5.41, 5.74) is 4.64. The zero-order valence-electron chi connectivity index (χ0n) is 13.4. The van der Waals surface area contributed by atoms with E-state index in [1.165, 1.54) is 0 Å². The second-order valence-electron chi connectivity index (χ2n) is 5.69. The van der Waals surface area contributed by atoms with E-state index in [9.17, 15) is 4.79 Å². The molecule has 1 aromatic rings. The standard InChI is InChI=1S/C18H24N2O2/c1-4-15(14-20-10-12-22-13-11-20)17(19(2)3)18(21)16-8-6-5-7-9-16/h5-9,17H,1,10-14H2,2-3H3. The Balaban J connectivity index is 2.18. The normalized spacial score (nSPS) is 17.0. The minimum atomic E-state index is -0.331. The second-order valence-corrected chi connectivity index (χ2v) is 5.69. The van der Waals surface area contributed by atoms with Gasteiger partial charge in [0.2, 0.25) is 0 Å². The van der Waals surface area contributed by atoms with Gasteiger partial charge in [0, 0.05) is 30.8 Å². The first-order valence-corrected chi connectivity index (χ1v) is 7.58. The van der Waals surface area contributed by atoms with Crippen LogP contribution in [0.3, 0.4) is 0 Å². The number of rotatable bonds is 6. The molecule has 2 rings (SSSR count). The molecular weight excluding hydrogens is 276 g/mol. The van der Waals surface area contributed by atoms with Crippen LogP contribution in [0.4, 0.5) is 0 Å². The number of ketones is 1. The molecule has 0 aliphatic carbocycles. The Bertz CT molecular complexity index is 541. The Labute approximate surface area is 132 Å². The van der Waals surface area contributed by atoms with Gasteiger partial charge < -0.3 is 4.74 Å². The maximum Gasteiger partial charge on any atom is 0.184 e. The fourth-order valence-corrected chi connectivity index (χ4v) is 2.70. The van der Waals surface area contributed by atoms with Gasteiger partial charge in [-0.2, -0.15) is 0 Å². The van der Waals surface area contributed by atoms with Crippen molar-refractivity contribution < 1.29 is 9.53 Å². The molecule has 1 aliphatic heterocycles. The third-order valence-electron chi connectivity index (χ3n) is 3.88. The molecule has 4 nitrogen and oxygen atoms in total. The number of morpholine rings is 1. The first kappa shape index (κ1) is 16.7. The number of likely N-dealkylation sites (N-methyl/N-ethyl adjacent to an activating group) is 1. The van der Waals surface area contributed by atoms with Crippen molar-refractivity contribution in [2.24, 2.45) is 0 Å². The van der Waals surface area contributed by atoms with Crippen LogP contribution in [0.1, 0.15) is 10.4 Å². The molecule has 22 heavy (non-hydrogen) atoms. The van der Waals surface area contributed by atoms with Crippen molar-refractivity contribution in [3.8, 4) is 0 Å². The summed E-state index contributed by atoms with van der Waals surface area (Å²) in [6, 6.07) is 9.07. The van der Waals surface area contributed by atoms with Crippen LogP contribution in [0.5, 0.6) is 0 Å². The van der Waals surface area contributed by atoms with Gasteiger partial charge in [0.05, 0.1) is 13.2 Å². The van der Waals surface area contributed by atoms with Crippen molar-refractivity contribution in [1.29, 1.82) is 0 Å². The third kappa shape index (κ3) is 4.15. The van der Waals surface area contributed by atoms with Gasteiger partial charge in [-0.15, -0.1) is 5.73 Å². The van der Waals surface area contributed by atoms with Gasteiger partial charge >= 0.3 is 0 Å². The summed E-state index contributed by atoms with van der Waals surface area (Å²) in [7, 11) is 3.84. The Kier molecular flexibility index (Phi) is 6.10. The van der Waals surface area contributed by atoms with E-state index in [1.54, 1.807) is 0 Å². The highest BCUT2D eigenvalue weighted by atomic mass is 16.5. The molecular formula is C18H24N2O2. The van der Waals surface area contributed by atoms with E-state index in [2.05, 4.69) is 17.2 Å². The number of hydrogen-bond donors (Lipinski definition) is 0. The molecule has 118 valence electrons. The van der Waals surface area contributed by atoms with Crippen molar-refractivity contribution in [2.75, 3.05) is 46.9 Å². The molecule has 0 spiro atoms. The fraction of sp³-hybridized carbons (Fsp3) is 0.444. The van der Waals surface area contributed by atoms with E-state index in [4.69, 9.17) is 4.74 Å². The molecule has 0 N–H and O–H groups in total. The number of carbonyl (C=O) groups is 1. The Morgan fingerprint density at radius 1 is 1.32 bits per heavy atom. The molecule has 0 amide bonds. The van der Waals surface area contributed by atoms with Gasteiger partial charge in [0.15, 0.2) is 5.78 Å². The Morgan fingerprint density at radius 2 is 1.95 bits per heavy atom. The molecule has 0 aromatic heterocycles. The number of ether oxygens (including phenoxy) is 1. The first-order valence-electron chi connectivity index (χ1n) is 7.58. The largest absolute Gasteiger partial charge is 0.379 e. The quantitative estimate of drug-likeness (QED) is 0.593. The number of nitrogens with zero attached hydrogens (tertiary/aromatic N) is 2. The molecule has 1 aromatic carbocycles. The van der Waals surface area contributed by atoms with E-state index in [1.807, 2.05) is 49.3 Å². The Hall–Kier alpha value is -1.71. The van der Waals surface area contributed by atoms with Gasteiger partial charge in [0.25, 0.3) is 0 Å². The van der Waals surface area contributed by atoms with Crippen LogP contribution >= 0.6 is 0 Å². The average molecular weight is 300 g/mol. The van der Waals surface area contributed by atoms with Crippen molar-refractivity contribution >= 4 is 5.78 Å². The summed E-state index contributed by atoms with van der Waals surface area (Å²) in [6.45, 7) is 7.75. The highest BCUT2D eigenvalue weighted by molar-refractivity contribution is 6.02. The van der Waals surface area contributed by atoms with Gasteiger partial charge in [-0.05, 0) is 14.1 Å². The average Bonchev–Trinajstić information content (AvgIpc) is 2.55. The lowest BCUT2D eigenvalue weighted by Crippen LogP contribution is -2.44. The van der Waals surface area contributed by atoms with Crippen LogP contribution in [-0.4, -0.2) is 68.6 Å². The van der Waals surface area contributed by atoms with E-state index < -0.39 is 0 Å². The summed E-state index contributed by atoms with van der Waals surface area (Å²) < 4.78 is 5.38. The molecule has 0 saturated carbocycles. The molecule has 0 bridgehead atoms. The van der Waals surface area contributed by atoms with Crippen molar-refractivity contribution in [3.63, 3.8) is 0 Å². The minimum absolute atomic E-state index is 0.0880. The van der Waals surface area contributed by atoms with Crippen LogP contribution in [0, 0.1) is 0 Å². The van der Waals surface area contributed by atoms with Crippen molar-refractivity contribution in [1.82, 2.24) is 9.80 Å². The summed E-state index contributed by atoms with van der Waals surface area (Å²) in [4.78, 5) is 17.1. The van der Waals surface area contributed by atoms with Crippen molar-refractivity contribution in [2.45, 2.75) is 6.04 Å². The molecule has 4 heteroatoms.